The average Bonchev–Trinajstić information content (AvgIpc) is 3.62. The van der Waals surface area contributed by atoms with Gasteiger partial charge in [-0.15, -0.1) is 0 Å². The maximum atomic E-state index is 12.4. The number of nitrogens with one attached hydrogen (secondary N) is 2. The highest BCUT2D eigenvalue weighted by Crippen LogP contribution is 2.46. The Morgan fingerprint density at radius 2 is 1.93 bits per heavy atom. The Hall–Kier alpha value is -2.53. The molecular weight excluding hydrogens is 528 g/mol. The first kappa shape index (κ1) is 33.0. The van der Waals surface area contributed by atoms with Crippen LogP contribution in [0, 0.1) is 5.92 Å². The second-order valence-electron chi connectivity index (χ2n) is 11.9. The lowest BCUT2D eigenvalue weighted by atomic mass is 9.87. The Bertz CT molecular complexity index is 1020. The molecule has 8 atom stereocenters. The van der Waals surface area contributed by atoms with Gasteiger partial charge in [-0.2, -0.15) is 0 Å². The zero-order valence-corrected chi connectivity index (χ0v) is 25.3. The van der Waals surface area contributed by atoms with Crippen LogP contribution in [0.4, 0.5) is 0 Å². The maximum absolute atomic E-state index is 12.4. The molecule has 2 amide bonds. The summed E-state index contributed by atoms with van der Waals surface area (Å²) in [6, 6.07) is -0.115. The van der Waals surface area contributed by atoms with E-state index in [-0.39, 0.29) is 48.5 Å². The van der Waals surface area contributed by atoms with Crippen LogP contribution in [0.15, 0.2) is 36.0 Å². The third-order valence-electron chi connectivity index (χ3n) is 7.76. The van der Waals surface area contributed by atoms with Gasteiger partial charge in [-0.25, -0.2) is 0 Å². The number of aliphatic hydroxyl groups is 1. The lowest BCUT2D eigenvalue weighted by Crippen LogP contribution is -2.50. The molecule has 3 fully saturated rings. The SMILES string of the molecule is CCCNC(=O)CC1(O)C[C@@]2(CO2)C[C@@H](/C=C/C(C)=C/C[C@@H]2O[C@H](C)[C@H](NC(=O)/C=C\[C@H](C)OC(C)=O)C[C@@H]2C)O1. The summed E-state index contributed by atoms with van der Waals surface area (Å²) in [6.07, 6.45) is 11.2. The maximum Gasteiger partial charge on any atom is 0.303 e. The molecule has 0 aromatic heterocycles. The monoisotopic (exact) mass is 576 g/mol. The molecule has 3 N–H and O–H groups in total. The fourth-order valence-electron chi connectivity index (χ4n) is 5.52. The van der Waals surface area contributed by atoms with Crippen LogP contribution in [0.5, 0.6) is 0 Å². The van der Waals surface area contributed by atoms with Crippen molar-refractivity contribution in [2.75, 3.05) is 13.2 Å². The van der Waals surface area contributed by atoms with E-state index >= 15 is 0 Å². The number of rotatable bonds is 12. The number of epoxide rings is 1. The summed E-state index contributed by atoms with van der Waals surface area (Å²) in [6.45, 7) is 12.2. The predicted octanol–water partition coefficient (Wildman–Crippen LogP) is 3.24. The van der Waals surface area contributed by atoms with Gasteiger partial charge in [-0.3, -0.25) is 14.4 Å². The Morgan fingerprint density at radius 1 is 1.20 bits per heavy atom. The van der Waals surface area contributed by atoms with Gasteiger partial charge in [0.2, 0.25) is 11.8 Å². The van der Waals surface area contributed by atoms with Gasteiger partial charge in [0.05, 0.1) is 43.0 Å². The largest absolute Gasteiger partial charge is 0.459 e. The van der Waals surface area contributed by atoms with Crippen LogP contribution in [0.1, 0.15) is 80.1 Å². The molecule has 1 spiro atoms. The number of hydrogen-bond donors (Lipinski definition) is 3. The van der Waals surface area contributed by atoms with Crippen molar-refractivity contribution in [1.29, 1.82) is 0 Å². The molecule has 0 aliphatic carbocycles. The van der Waals surface area contributed by atoms with Crippen molar-refractivity contribution in [2.24, 2.45) is 5.92 Å². The molecule has 0 radical (unpaired) electrons. The van der Waals surface area contributed by atoms with Crippen molar-refractivity contribution in [2.45, 2.75) is 122 Å². The summed E-state index contributed by atoms with van der Waals surface area (Å²) >= 11 is 0. The van der Waals surface area contributed by atoms with Crippen LogP contribution in [0.25, 0.3) is 0 Å². The molecule has 3 rings (SSSR count). The Kier molecular flexibility index (Phi) is 11.7. The molecule has 10 nitrogen and oxygen atoms in total. The van der Waals surface area contributed by atoms with Crippen molar-refractivity contribution >= 4 is 17.8 Å². The number of carbonyl (C=O) groups is 3. The van der Waals surface area contributed by atoms with Crippen molar-refractivity contribution < 1.29 is 38.4 Å². The van der Waals surface area contributed by atoms with Crippen molar-refractivity contribution in [3.8, 4) is 0 Å². The van der Waals surface area contributed by atoms with Crippen LogP contribution in [-0.4, -0.2) is 77.9 Å². The van der Waals surface area contributed by atoms with E-state index in [9.17, 15) is 19.5 Å². The summed E-state index contributed by atoms with van der Waals surface area (Å²) in [5.74, 6) is -2.18. The van der Waals surface area contributed by atoms with Gasteiger partial charge >= 0.3 is 5.97 Å². The molecule has 230 valence electrons. The van der Waals surface area contributed by atoms with Gasteiger partial charge in [0.15, 0.2) is 5.79 Å². The lowest BCUT2D eigenvalue weighted by molar-refractivity contribution is -0.256. The highest BCUT2D eigenvalue weighted by molar-refractivity contribution is 5.87. The molecule has 0 aromatic rings. The third kappa shape index (κ3) is 10.7. The number of ether oxygens (including phenoxy) is 4. The first-order chi connectivity index (χ1) is 19.3. The van der Waals surface area contributed by atoms with Gasteiger partial charge < -0.3 is 34.7 Å². The molecule has 10 heteroatoms. The van der Waals surface area contributed by atoms with Gasteiger partial charge in [0.25, 0.3) is 0 Å². The van der Waals surface area contributed by atoms with E-state index in [0.717, 1.165) is 24.8 Å². The zero-order chi connectivity index (χ0) is 30.2. The molecule has 41 heavy (non-hydrogen) atoms. The highest BCUT2D eigenvalue weighted by atomic mass is 16.7. The van der Waals surface area contributed by atoms with Crippen molar-refractivity contribution in [3.05, 3.63) is 36.0 Å². The Morgan fingerprint density at radius 3 is 2.59 bits per heavy atom. The molecule has 3 saturated heterocycles. The molecule has 3 aliphatic heterocycles. The van der Waals surface area contributed by atoms with Gasteiger partial charge in [-0.05, 0) is 52.0 Å². The standard InChI is InChI=1S/C31H48N2O8/c1-7-14-32-29(36)17-31(37)18-30(19-38-30)16-25(41-31)11-8-20(2)9-12-27-21(3)15-26(23(5)40-27)33-28(35)13-10-22(4)39-24(6)34/h8-11,13,21-23,25-27,37H,7,12,14-19H2,1-6H3,(H,32,36)(H,33,35)/b11-8+,13-10-,20-9+/t21-,22-,23+,25+,26+,27-,30+,31?/m0/s1. The van der Waals surface area contributed by atoms with E-state index in [1.54, 1.807) is 13.0 Å². The van der Waals surface area contributed by atoms with Gasteiger partial charge in [0, 0.05) is 32.4 Å². The predicted molar refractivity (Wildman–Crippen MR) is 154 cm³/mol. The summed E-state index contributed by atoms with van der Waals surface area (Å²) < 4.78 is 22.9. The molecule has 3 heterocycles. The van der Waals surface area contributed by atoms with E-state index < -0.39 is 23.5 Å². The molecule has 3 aliphatic rings. The average molecular weight is 577 g/mol. The highest BCUT2D eigenvalue weighted by Gasteiger charge is 2.57. The van der Waals surface area contributed by atoms with E-state index in [4.69, 9.17) is 18.9 Å². The molecule has 0 bridgehead atoms. The minimum Gasteiger partial charge on any atom is -0.459 e. The van der Waals surface area contributed by atoms with E-state index in [2.05, 4.69) is 23.6 Å². The summed E-state index contributed by atoms with van der Waals surface area (Å²) in [5, 5.41) is 16.9. The van der Waals surface area contributed by atoms with Crippen LogP contribution in [-0.2, 0) is 33.3 Å². The number of carbonyl (C=O) groups excluding carboxylic acids is 3. The number of esters is 1. The van der Waals surface area contributed by atoms with E-state index in [1.165, 1.54) is 13.0 Å². The van der Waals surface area contributed by atoms with E-state index in [0.29, 0.717) is 26.0 Å². The topological polar surface area (TPSA) is 136 Å². The summed E-state index contributed by atoms with van der Waals surface area (Å²) in [5.41, 5.74) is 0.620. The second kappa shape index (κ2) is 14.6. The molecule has 0 aromatic carbocycles. The van der Waals surface area contributed by atoms with Crippen LogP contribution in [0.3, 0.4) is 0 Å². The Balaban J connectivity index is 1.49. The van der Waals surface area contributed by atoms with Crippen molar-refractivity contribution in [1.82, 2.24) is 10.6 Å². The van der Waals surface area contributed by atoms with Crippen LogP contribution in [0.2, 0.25) is 0 Å². The first-order valence-electron chi connectivity index (χ1n) is 14.8. The number of amides is 2. The molecule has 0 saturated carbocycles. The quantitative estimate of drug-likeness (QED) is 0.139. The third-order valence-corrected chi connectivity index (χ3v) is 7.76. The first-order valence-corrected chi connectivity index (χ1v) is 14.8. The van der Waals surface area contributed by atoms with Crippen LogP contribution >= 0.6 is 0 Å². The lowest BCUT2D eigenvalue weighted by Gasteiger charge is -2.39. The fraction of sp³-hybridized carbons (Fsp3) is 0.710. The van der Waals surface area contributed by atoms with E-state index in [1.807, 2.05) is 32.9 Å². The number of allylic oxidation sites excluding steroid dienone is 2. The smallest absolute Gasteiger partial charge is 0.303 e. The Labute approximate surface area is 243 Å². The minimum atomic E-state index is -1.55. The van der Waals surface area contributed by atoms with Gasteiger partial charge in [-0.1, -0.05) is 37.6 Å². The summed E-state index contributed by atoms with van der Waals surface area (Å²) in [4.78, 5) is 35.6. The number of hydrogen-bond acceptors (Lipinski definition) is 8. The summed E-state index contributed by atoms with van der Waals surface area (Å²) in [7, 11) is 0. The van der Waals surface area contributed by atoms with Crippen molar-refractivity contribution in [3.63, 3.8) is 0 Å². The molecule has 1 unspecified atom stereocenters. The fourth-order valence-corrected chi connectivity index (χ4v) is 5.52. The second-order valence-corrected chi connectivity index (χ2v) is 11.9. The van der Waals surface area contributed by atoms with Crippen LogP contribution < -0.4 is 10.6 Å². The minimum absolute atomic E-state index is 0.0156. The molecular formula is C31H48N2O8. The zero-order valence-electron chi connectivity index (χ0n) is 25.3. The normalized spacial score (nSPS) is 34.5. The van der Waals surface area contributed by atoms with Gasteiger partial charge in [0.1, 0.15) is 6.10 Å².